The molecule has 8 heteroatoms. The van der Waals surface area contributed by atoms with Gasteiger partial charge in [-0.3, -0.25) is 9.80 Å². The molecule has 0 N–H and O–H groups in total. The number of piperidine rings is 1. The van der Waals surface area contributed by atoms with Crippen molar-refractivity contribution in [2.45, 2.75) is 31.2 Å². The Bertz CT molecular complexity index is 1220. The summed E-state index contributed by atoms with van der Waals surface area (Å²) in [6, 6.07) is 20.4. The van der Waals surface area contributed by atoms with Crippen molar-refractivity contribution in [3.05, 3.63) is 88.9 Å². The molecule has 0 saturated carbocycles. The van der Waals surface area contributed by atoms with E-state index in [-0.39, 0.29) is 6.09 Å². The minimum atomic E-state index is -4.43. The predicted octanol–water partition coefficient (Wildman–Crippen LogP) is 7.02. The molecule has 0 aromatic heterocycles. The van der Waals surface area contributed by atoms with Gasteiger partial charge in [-0.25, -0.2) is 4.79 Å². The molecule has 0 radical (unpaired) electrons. The van der Waals surface area contributed by atoms with Crippen LogP contribution in [-0.4, -0.2) is 36.2 Å². The minimum Gasteiger partial charge on any atom is -0.441 e. The van der Waals surface area contributed by atoms with Crippen molar-refractivity contribution in [1.82, 2.24) is 4.90 Å². The molecule has 2 saturated heterocycles. The van der Waals surface area contributed by atoms with Gasteiger partial charge in [0.1, 0.15) is 5.60 Å². The summed E-state index contributed by atoms with van der Waals surface area (Å²) >= 11 is 6.37. The van der Waals surface area contributed by atoms with E-state index in [2.05, 4.69) is 4.90 Å². The van der Waals surface area contributed by atoms with Crippen LogP contribution in [0.4, 0.5) is 23.7 Å². The topological polar surface area (TPSA) is 32.8 Å². The van der Waals surface area contributed by atoms with Gasteiger partial charge in [-0.2, -0.15) is 13.2 Å². The van der Waals surface area contributed by atoms with E-state index in [4.69, 9.17) is 16.3 Å². The van der Waals surface area contributed by atoms with E-state index < -0.39 is 17.3 Å². The van der Waals surface area contributed by atoms with Gasteiger partial charge in [0.15, 0.2) is 0 Å². The first kappa shape index (κ1) is 23.7. The van der Waals surface area contributed by atoms with Crippen molar-refractivity contribution < 1.29 is 22.7 Å². The summed E-state index contributed by atoms with van der Waals surface area (Å²) < 4.78 is 46.3. The summed E-state index contributed by atoms with van der Waals surface area (Å²) in [6.45, 7) is 2.03. The third kappa shape index (κ3) is 4.88. The number of hydrogen-bond acceptors (Lipinski definition) is 3. The number of ether oxygens (including phenoxy) is 1. The van der Waals surface area contributed by atoms with Gasteiger partial charge in [-0.05, 0) is 41.5 Å². The monoisotopic (exact) mass is 500 g/mol. The number of anilines is 1. The summed E-state index contributed by atoms with van der Waals surface area (Å²) in [7, 11) is 0. The number of amides is 1. The lowest BCUT2D eigenvalue weighted by Crippen LogP contribution is -2.46. The Hall–Kier alpha value is -3.03. The first-order chi connectivity index (χ1) is 16.7. The Morgan fingerprint density at radius 2 is 1.60 bits per heavy atom. The Labute approximate surface area is 206 Å². The average molecular weight is 501 g/mol. The zero-order valence-corrected chi connectivity index (χ0v) is 19.6. The third-order valence-electron chi connectivity index (χ3n) is 6.80. The zero-order valence-electron chi connectivity index (χ0n) is 18.9. The lowest BCUT2D eigenvalue weighted by atomic mass is 9.90. The second-order valence-electron chi connectivity index (χ2n) is 9.10. The van der Waals surface area contributed by atoms with Crippen LogP contribution in [0.3, 0.4) is 0 Å². The number of rotatable bonds is 4. The Morgan fingerprint density at radius 1 is 0.914 bits per heavy atom. The maximum Gasteiger partial charge on any atom is 0.416 e. The van der Waals surface area contributed by atoms with Crippen molar-refractivity contribution in [2.24, 2.45) is 0 Å². The van der Waals surface area contributed by atoms with Crippen LogP contribution in [-0.2, 0) is 17.5 Å². The molecule has 0 unspecified atom stereocenters. The molecule has 0 aliphatic carbocycles. The number of alkyl halides is 3. The van der Waals surface area contributed by atoms with Crippen molar-refractivity contribution in [3.63, 3.8) is 0 Å². The van der Waals surface area contributed by atoms with E-state index >= 15 is 0 Å². The Morgan fingerprint density at radius 3 is 2.29 bits per heavy atom. The van der Waals surface area contributed by atoms with Crippen molar-refractivity contribution in [2.75, 3.05) is 24.5 Å². The molecule has 0 bridgehead atoms. The number of likely N-dealkylation sites (tertiary alicyclic amines) is 1. The fraction of sp³-hybridized carbons (Fsp3) is 0.296. The van der Waals surface area contributed by atoms with E-state index in [1.54, 1.807) is 17.0 Å². The van der Waals surface area contributed by atoms with Crippen LogP contribution >= 0.6 is 11.6 Å². The highest BCUT2D eigenvalue weighted by Gasteiger charge is 2.47. The van der Waals surface area contributed by atoms with Gasteiger partial charge in [0.2, 0.25) is 0 Å². The van der Waals surface area contributed by atoms with E-state index in [1.807, 2.05) is 42.5 Å². The Balaban J connectivity index is 1.34. The molecule has 3 aromatic carbocycles. The molecule has 182 valence electrons. The highest BCUT2D eigenvalue weighted by molar-refractivity contribution is 6.33. The molecule has 2 aliphatic rings. The van der Waals surface area contributed by atoms with Crippen LogP contribution < -0.4 is 4.90 Å². The van der Waals surface area contributed by atoms with Crippen LogP contribution in [0.1, 0.15) is 24.0 Å². The summed E-state index contributed by atoms with van der Waals surface area (Å²) in [5.41, 5.74) is 1.49. The molecule has 2 heterocycles. The molecular formula is C27H24ClF3N2O2. The molecular weight excluding hydrogens is 477 g/mol. The molecule has 35 heavy (non-hydrogen) atoms. The maximum absolute atomic E-state index is 13.5. The van der Waals surface area contributed by atoms with Gasteiger partial charge in [-0.15, -0.1) is 0 Å². The van der Waals surface area contributed by atoms with E-state index in [9.17, 15) is 18.0 Å². The zero-order chi connectivity index (χ0) is 24.6. The standard InChI is InChI=1S/C27H24ClF3N2O2/c28-24-9-5-4-8-23(24)22-11-10-20(27(29,30)31)16-19(22)17-32-14-12-26(13-15-32)18-33(25(34)35-26)21-6-2-1-3-7-21/h1-11,16H,12-15,17-18H2. The average Bonchev–Trinajstić information content (AvgIpc) is 3.17. The molecule has 0 atom stereocenters. The largest absolute Gasteiger partial charge is 0.441 e. The third-order valence-corrected chi connectivity index (χ3v) is 7.13. The first-order valence-corrected chi connectivity index (χ1v) is 11.8. The van der Waals surface area contributed by atoms with Gasteiger partial charge in [0.25, 0.3) is 0 Å². The number of nitrogens with zero attached hydrogens (tertiary/aromatic N) is 2. The molecule has 1 amide bonds. The van der Waals surface area contributed by atoms with Gasteiger partial charge >= 0.3 is 12.3 Å². The number of carbonyl (C=O) groups excluding carboxylic acids is 1. The Kier molecular flexibility index (Phi) is 6.23. The first-order valence-electron chi connectivity index (χ1n) is 11.5. The van der Waals surface area contributed by atoms with Crippen molar-refractivity contribution >= 4 is 23.4 Å². The SMILES string of the molecule is O=C1OC2(CCN(Cc3cc(C(F)(F)F)ccc3-c3ccccc3Cl)CC2)CN1c1ccccc1. The predicted molar refractivity (Wildman–Crippen MR) is 129 cm³/mol. The normalized spacial score (nSPS) is 18.2. The maximum atomic E-state index is 13.5. The summed E-state index contributed by atoms with van der Waals surface area (Å²) in [6.07, 6.45) is -3.56. The van der Waals surface area contributed by atoms with E-state index in [0.717, 1.165) is 11.8 Å². The molecule has 3 aromatic rings. The van der Waals surface area contributed by atoms with Gasteiger partial charge in [0.05, 0.1) is 12.1 Å². The lowest BCUT2D eigenvalue weighted by Gasteiger charge is -2.37. The highest BCUT2D eigenvalue weighted by Crippen LogP contribution is 2.39. The molecule has 1 spiro atoms. The fourth-order valence-electron chi connectivity index (χ4n) is 4.89. The highest BCUT2D eigenvalue weighted by atomic mass is 35.5. The number of carbonyl (C=O) groups is 1. The van der Waals surface area contributed by atoms with Gasteiger partial charge in [-0.1, -0.05) is 54.1 Å². The van der Waals surface area contributed by atoms with E-state index in [1.165, 1.54) is 12.1 Å². The van der Waals surface area contributed by atoms with Crippen molar-refractivity contribution in [1.29, 1.82) is 0 Å². The number of hydrogen-bond donors (Lipinski definition) is 0. The quantitative estimate of drug-likeness (QED) is 0.386. The summed E-state index contributed by atoms with van der Waals surface area (Å²) in [5.74, 6) is 0. The van der Waals surface area contributed by atoms with Crippen LogP contribution in [0.15, 0.2) is 72.8 Å². The minimum absolute atomic E-state index is 0.344. The second kappa shape index (κ2) is 9.21. The number of para-hydroxylation sites is 1. The smallest absolute Gasteiger partial charge is 0.416 e. The van der Waals surface area contributed by atoms with E-state index in [0.29, 0.717) is 60.7 Å². The lowest BCUT2D eigenvalue weighted by molar-refractivity contribution is -0.137. The molecule has 5 rings (SSSR count). The second-order valence-corrected chi connectivity index (χ2v) is 9.51. The molecule has 2 fully saturated rings. The summed E-state index contributed by atoms with van der Waals surface area (Å²) in [4.78, 5) is 16.3. The van der Waals surface area contributed by atoms with Crippen molar-refractivity contribution in [3.8, 4) is 11.1 Å². The number of halogens is 4. The summed E-state index contributed by atoms with van der Waals surface area (Å²) in [5, 5.41) is 0.491. The van der Waals surface area contributed by atoms with Gasteiger partial charge in [0, 0.05) is 48.7 Å². The van der Waals surface area contributed by atoms with Crippen LogP contribution in [0.5, 0.6) is 0 Å². The molecule has 4 nitrogen and oxygen atoms in total. The number of benzene rings is 3. The van der Waals surface area contributed by atoms with Crippen LogP contribution in [0.2, 0.25) is 5.02 Å². The van der Waals surface area contributed by atoms with Crippen LogP contribution in [0.25, 0.3) is 11.1 Å². The van der Waals surface area contributed by atoms with Crippen LogP contribution in [0, 0.1) is 0 Å². The van der Waals surface area contributed by atoms with Gasteiger partial charge < -0.3 is 4.74 Å². The fourth-order valence-corrected chi connectivity index (χ4v) is 5.13. The molecule has 2 aliphatic heterocycles.